The molecular formula is C7H8N4O2+2. The number of allylic oxidation sites excluding steroid dienone is 2. The van der Waals surface area contributed by atoms with Crippen molar-refractivity contribution < 1.29 is 10.2 Å². The average Bonchev–Trinajstić information content (AvgIpc) is 2.84. The van der Waals surface area contributed by atoms with Crippen LogP contribution < -0.4 is 0 Å². The largest absolute Gasteiger partial charge is 0.505 e. The van der Waals surface area contributed by atoms with Gasteiger partial charge in [-0.15, -0.1) is 0 Å². The van der Waals surface area contributed by atoms with Gasteiger partial charge in [-0.1, -0.05) is 0 Å². The molecule has 0 amide bonds. The molecule has 13 heavy (non-hydrogen) atoms. The molecule has 0 radical (unpaired) electrons. The first-order chi connectivity index (χ1) is 6.20. The van der Waals surface area contributed by atoms with Gasteiger partial charge in [0.2, 0.25) is 10.8 Å². The second-order valence-corrected chi connectivity index (χ2v) is 2.79. The van der Waals surface area contributed by atoms with Crippen molar-refractivity contribution in [3.8, 4) is 0 Å². The van der Waals surface area contributed by atoms with E-state index in [4.69, 9.17) is 21.0 Å². The Morgan fingerprint density at radius 2 is 1.46 bits per heavy atom. The van der Waals surface area contributed by atoms with Gasteiger partial charge in [-0.2, -0.15) is 0 Å². The maximum atomic E-state index is 9.15. The lowest BCUT2D eigenvalue weighted by Gasteiger charge is -1.89. The summed E-state index contributed by atoms with van der Waals surface area (Å²) in [7, 11) is 0. The van der Waals surface area contributed by atoms with E-state index in [0.717, 1.165) is 12.4 Å². The van der Waals surface area contributed by atoms with Gasteiger partial charge in [-0.3, -0.25) is 0 Å². The summed E-state index contributed by atoms with van der Waals surface area (Å²) >= 11 is 0. The quantitative estimate of drug-likeness (QED) is 0.502. The molecule has 2 atom stereocenters. The fourth-order valence-corrected chi connectivity index (χ4v) is 1.16. The fraction of sp³-hybridized carbons (Fsp3) is 0.429. The van der Waals surface area contributed by atoms with E-state index < -0.39 is 0 Å². The third kappa shape index (κ3) is 1.94. The number of aliphatic hydroxyl groups excluding tert-OH is 2. The minimum atomic E-state index is -0.242. The van der Waals surface area contributed by atoms with Gasteiger partial charge in [0.25, 0.3) is 0 Å². The highest BCUT2D eigenvalue weighted by Crippen LogP contribution is 2.47. The average molecular weight is 180 g/mol. The molecule has 0 bridgehead atoms. The van der Waals surface area contributed by atoms with E-state index in [1.165, 1.54) is 0 Å². The highest BCUT2D eigenvalue weighted by Gasteiger charge is 2.46. The molecule has 1 aliphatic rings. The molecule has 66 valence electrons. The molecule has 0 unspecified atom stereocenters. The lowest BCUT2D eigenvalue weighted by atomic mass is 10.2. The van der Waals surface area contributed by atoms with Crippen LogP contribution in [0.15, 0.2) is 23.9 Å². The van der Waals surface area contributed by atoms with Crippen LogP contribution >= 0.6 is 0 Å². The Morgan fingerprint density at radius 3 is 1.77 bits per heavy atom. The topological polar surface area (TPSA) is 96.8 Å². The molecule has 6 heteroatoms. The van der Waals surface area contributed by atoms with Gasteiger partial charge in [0.15, 0.2) is 21.5 Å². The van der Waals surface area contributed by atoms with E-state index in [-0.39, 0.29) is 23.4 Å². The van der Waals surface area contributed by atoms with E-state index >= 15 is 0 Å². The first-order valence-electron chi connectivity index (χ1n) is 3.67. The van der Waals surface area contributed by atoms with Crippen molar-refractivity contribution in [1.29, 1.82) is 10.8 Å². The number of hydrogen-bond acceptors (Lipinski definition) is 4. The van der Waals surface area contributed by atoms with Crippen LogP contribution in [0.5, 0.6) is 0 Å². The predicted molar refractivity (Wildman–Crippen MR) is 43.2 cm³/mol. The first-order valence-corrected chi connectivity index (χ1v) is 3.67. The summed E-state index contributed by atoms with van der Waals surface area (Å²) in [6.07, 6.45) is 2.37. The van der Waals surface area contributed by atoms with Crippen molar-refractivity contribution in [1.82, 2.24) is 0 Å². The zero-order valence-corrected chi connectivity index (χ0v) is 6.70. The van der Waals surface area contributed by atoms with E-state index in [2.05, 4.69) is 9.95 Å². The fourth-order valence-electron chi connectivity index (χ4n) is 1.16. The molecule has 0 spiro atoms. The summed E-state index contributed by atoms with van der Waals surface area (Å²) in [6.45, 7) is 0. The molecule has 0 aliphatic heterocycles. The van der Waals surface area contributed by atoms with Crippen molar-refractivity contribution in [3.05, 3.63) is 33.9 Å². The van der Waals surface area contributed by atoms with E-state index in [9.17, 15) is 0 Å². The van der Waals surface area contributed by atoms with Crippen LogP contribution in [0.2, 0.25) is 0 Å². The van der Waals surface area contributed by atoms with Crippen LogP contribution in [-0.2, 0) is 0 Å². The standard InChI is InChI=1S/C7H6N4O2/c8-10-2-6(12)4-1-5(4)7(13)3-11-9/h2-5H,1H2/p+2/t4-,5+. The Balaban J connectivity index is 2.59. The normalized spacial score (nSPS) is 27.5. The second kappa shape index (κ2) is 3.55. The maximum Gasteiger partial charge on any atom is 0.387 e. The van der Waals surface area contributed by atoms with Crippen molar-refractivity contribution in [2.75, 3.05) is 0 Å². The zero-order valence-electron chi connectivity index (χ0n) is 6.70. The van der Waals surface area contributed by atoms with E-state index in [0.29, 0.717) is 6.42 Å². The lowest BCUT2D eigenvalue weighted by Crippen LogP contribution is -1.90. The minimum Gasteiger partial charge on any atom is -0.505 e. The van der Waals surface area contributed by atoms with Crippen molar-refractivity contribution in [2.45, 2.75) is 6.42 Å². The molecule has 0 saturated heterocycles. The Bertz CT molecular complexity index is 312. The SMILES string of the molecule is N#[N+]C=C(O)[C@H]1C[C@H]1C(O)=C[N+]#N. The van der Waals surface area contributed by atoms with Gasteiger partial charge in [0.05, 0.1) is 0 Å². The molecule has 0 aromatic heterocycles. The van der Waals surface area contributed by atoms with Crippen LogP contribution in [0.25, 0.3) is 9.95 Å². The zero-order chi connectivity index (χ0) is 9.84. The van der Waals surface area contributed by atoms with Crippen LogP contribution in [0.4, 0.5) is 0 Å². The highest BCUT2D eigenvalue weighted by atomic mass is 16.3. The van der Waals surface area contributed by atoms with Gasteiger partial charge in [-0.05, 0) is 6.42 Å². The minimum absolute atomic E-state index is 0.0922. The number of hydrogen-bond donors (Lipinski definition) is 2. The molecule has 0 aromatic rings. The van der Waals surface area contributed by atoms with Crippen LogP contribution in [0.3, 0.4) is 0 Å². The molecule has 1 fully saturated rings. The maximum absolute atomic E-state index is 9.15. The molecule has 2 N–H and O–H groups in total. The van der Waals surface area contributed by atoms with Gasteiger partial charge >= 0.3 is 12.4 Å². The Labute approximate surface area is 74.1 Å². The smallest absolute Gasteiger partial charge is 0.387 e. The summed E-state index contributed by atoms with van der Waals surface area (Å²) < 4.78 is 0. The second-order valence-electron chi connectivity index (χ2n) is 2.79. The van der Waals surface area contributed by atoms with Crippen LogP contribution in [0.1, 0.15) is 6.42 Å². The number of diazo groups is 2. The summed E-state index contributed by atoms with van der Waals surface area (Å²) in [5.74, 6) is -0.668. The summed E-state index contributed by atoms with van der Waals surface area (Å²) in [5, 5.41) is 34.5. The third-order valence-electron chi connectivity index (χ3n) is 1.93. The van der Waals surface area contributed by atoms with Crippen LogP contribution in [0, 0.1) is 22.6 Å². The van der Waals surface area contributed by atoms with Crippen molar-refractivity contribution in [2.24, 2.45) is 11.8 Å². The van der Waals surface area contributed by atoms with Crippen LogP contribution in [-0.4, -0.2) is 10.2 Å². The Kier molecular flexibility index (Phi) is 2.46. The van der Waals surface area contributed by atoms with E-state index in [1.807, 2.05) is 0 Å². The molecule has 1 aliphatic carbocycles. The molecule has 1 saturated carbocycles. The highest BCUT2D eigenvalue weighted by molar-refractivity contribution is 5.19. The van der Waals surface area contributed by atoms with Gasteiger partial charge < -0.3 is 10.2 Å². The number of nitrogens with zero attached hydrogens (tertiary/aromatic N) is 4. The van der Waals surface area contributed by atoms with Crippen molar-refractivity contribution >= 4 is 0 Å². The van der Waals surface area contributed by atoms with Gasteiger partial charge in [-0.25, -0.2) is 0 Å². The summed E-state index contributed by atoms with van der Waals surface area (Å²) in [5.41, 5.74) is 0. The number of aliphatic hydroxyl groups is 2. The predicted octanol–water partition coefficient (Wildman–Crippen LogP) is 2.13. The summed E-state index contributed by atoms with van der Waals surface area (Å²) in [4.78, 5) is 5.30. The molecule has 0 aromatic carbocycles. The molecule has 6 nitrogen and oxygen atoms in total. The monoisotopic (exact) mass is 180 g/mol. The van der Waals surface area contributed by atoms with Crippen molar-refractivity contribution in [3.63, 3.8) is 0 Å². The molecule has 0 heterocycles. The summed E-state index contributed by atoms with van der Waals surface area (Å²) in [6, 6.07) is 0. The number of rotatable bonds is 2. The van der Waals surface area contributed by atoms with E-state index in [1.54, 1.807) is 0 Å². The Morgan fingerprint density at radius 1 is 1.08 bits per heavy atom. The Hall–Kier alpha value is -2.08. The first kappa shape index (κ1) is 9.01. The molecule has 1 rings (SSSR count). The third-order valence-corrected chi connectivity index (χ3v) is 1.93. The van der Waals surface area contributed by atoms with Gasteiger partial charge in [0.1, 0.15) is 0 Å². The lowest BCUT2D eigenvalue weighted by molar-refractivity contribution is 0.342. The molecular weight excluding hydrogens is 172 g/mol. The van der Waals surface area contributed by atoms with Gasteiger partial charge in [0, 0.05) is 11.8 Å².